The molecule has 0 atom stereocenters. The van der Waals surface area contributed by atoms with Crippen LogP contribution in [0.5, 0.6) is 0 Å². The SMILES string of the molecule is CCSc1c(F)cc(C(F)(F)F)cc1Br. The summed E-state index contributed by atoms with van der Waals surface area (Å²) in [4.78, 5) is 0.213. The summed E-state index contributed by atoms with van der Waals surface area (Å²) in [5.41, 5.74) is -0.979. The first-order valence-corrected chi connectivity index (χ1v) is 5.83. The van der Waals surface area contributed by atoms with Gasteiger partial charge in [-0.15, -0.1) is 11.8 Å². The minimum Gasteiger partial charge on any atom is -0.206 e. The minimum absolute atomic E-state index is 0.140. The molecule has 0 heterocycles. The van der Waals surface area contributed by atoms with Crippen molar-refractivity contribution >= 4 is 27.7 Å². The molecular weight excluding hydrogens is 296 g/mol. The number of halogens is 5. The summed E-state index contributed by atoms with van der Waals surface area (Å²) in [6.07, 6.45) is -4.52. The molecule has 6 heteroatoms. The summed E-state index contributed by atoms with van der Waals surface area (Å²) in [5, 5.41) is 0. The number of thioether (sulfide) groups is 1. The molecule has 0 spiro atoms. The summed E-state index contributed by atoms with van der Waals surface area (Å²) < 4.78 is 50.2. The molecule has 0 fully saturated rings. The second kappa shape index (κ2) is 4.74. The van der Waals surface area contributed by atoms with E-state index >= 15 is 0 Å². The molecule has 0 aliphatic carbocycles. The number of alkyl halides is 3. The molecular formula is C9H7BrF4S. The Morgan fingerprint density at radius 1 is 1.33 bits per heavy atom. The molecule has 0 saturated heterocycles. The quantitative estimate of drug-likeness (QED) is 0.563. The number of benzene rings is 1. The van der Waals surface area contributed by atoms with Crippen molar-refractivity contribution in [2.45, 2.75) is 18.0 Å². The number of rotatable bonds is 2. The van der Waals surface area contributed by atoms with Gasteiger partial charge in [-0.2, -0.15) is 13.2 Å². The average Bonchev–Trinajstić information content (AvgIpc) is 2.09. The maximum absolute atomic E-state index is 13.3. The van der Waals surface area contributed by atoms with Crippen LogP contribution in [-0.2, 0) is 6.18 Å². The van der Waals surface area contributed by atoms with Crippen molar-refractivity contribution < 1.29 is 17.6 Å². The lowest BCUT2D eigenvalue weighted by atomic mass is 10.2. The lowest BCUT2D eigenvalue weighted by Gasteiger charge is -2.10. The Hall–Kier alpha value is -0.230. The van der Waals surface area contributed by atoms with Gasteiger partial charge in [0.2, 0.25) is 0 Å². The summed E-state index contributed by atoms with van der Waals surface area (Å²) >= 11 is 4.09. The molecule has 0 unspecified atom stereocenters. The van der Waals surface area contributed by atoms with Crippen LogP contribution >= 0.6 is 27.7 Å². The first-order chi connectivity index (χ1) is 6.86. The zero-order chi connectivity index (χ0) is 11.6. The largest absolute Gasteiger partial charge is 0.416 e. The molecule has 0 aliphatic rings. The molecule has 84 valence electrons. The second-order valence-electron chi connectivity index (χ2n) is 2.70. The number of hydrogen-bond acceptors (Lipinski definition) is 1. The van der Waals surface area contributed by atoms with Crippen LogP contribution in [-0.4, -0.2) is 5.75 Å². The zero-order valence-corrected chi connectivity index (χ0v) is 10.1. The van der Waals surface area contributed by atoms with E-state index in [9.17, 15) is 17.6 Å². The summed E-state index contributed by atoms with van der Waals surface area (Å²) in [6.45, 7) is 1.80. The van der Waals surface area contributed by atoms with Gasteiger partial charge in [-0.3, -0.25) is 0 Å². The van der Waals surface area contributed by atoms with Crippen LogP contribution in [0, 0.1) is 5.82 Å². The fourth-order valence-electron chi connectivity index (χ4n) is 1.01. The Bertz CT molecular complexity index is 339. The van der Waals surface area contributed by atoms with Gasteiger partial charge < -0.3 is 0 Å². The lowest BCUT2D eigenvalue weighted by molar-refractivity contribution is -0.137. The van der Waals surface area contributed by atoms with Gasteiger partial charge in [0.05, 0.1) is 10.5 Å². The van der Waals surface area contributed by atoms with E-state index in [0.29, 0.717) is 11.8 Å². The first-order valence-electron chi connectivity index (χ1n) is 4.05. The van der Waals surface area contributed by atoms with Gasteiger partial charge in [0, 0.05) is 4.47 Å². The Labute approximate surface area is 97.2 Å². The molecule has 0 bridgehead atoms. The van der Waals surface area contributed by atoms with Crippen molar-refractivity contribution in [3.8, 4) is 0 Å². The zero-order valence-electron chi connectivity index (χ0n) is 7.66. The Balaban J connectivity index is 3.19. The van der Waals surface area contributed by atoms with Crippen molar-refractivity contribution in [1.82, 2.24) is 0 Å². The van der Waals surface area contributed by atoms with Crippen molar-refractivity contribution in [1.29, 1.82) is 0 Å². The molecule has 15 heavy (non-hydrogen) atoms. The highest BCUT2D eigenvalue weighted by molar-refractivity contribution is 9.10. The standard InChI is InChI=1S/C9H7BrF4S/c1-2-15-8-6(10)3-5(4-7(8)11)9(12,13)14/h3-4H,2H2,1H3. The molecule has 0 nitrogen and oxygen atoms in total. The predicted octanol–water partition coefficient (Wildman–Crippen LogP) is 4.72. The van der Waals surface area contributed by atoms with E-state index in [-0.39, 0.29) is 9.37 Å². The Morgan fingerprint density at radius 2 is 1.93 bits per heavy atom. The molecule has 1 aromatic rings. The fourth-order valence-corrected chi connectivity index (χ4v) is 2.47. The molecule has 1 rings (SSSR count). The maximum atomic E-state index is 13.3. The third kappa shape index (κ3) is 3.11. The molecule has 0 N–H and O–H groups in total. The van der Waals surface area contributed by atoms with E-state index in [0.717, 1.165) is 17.8 Å². The van der Waals surface area contributed by atoms with Crippen molar-refractivity contribution in [3.05, 3.63) is 28.0 Å². The maximum Gasteiger partial charge on any atom is 0.416 e. The molecule has 0 amide bonds. The van der Waals surface area contributed by atoms with E-state index in [1.54, 1.807) is 6.92 Å². The van der Waals surface area contributed by atoms with Crippen LogP contribution in [0.15, 0.2) is 21.5 Å². The second-order valence-corrected chi connectivity index (χ2v) is 4.83. The van der Waals surface area contributed by atoms with E-state index in [1.807, 2.05) is 0 Å². The number of hydrogen-bond donors (Lipinski definition) is 0. The monoisotopic (exact) mass is 302 g/mol. The molecule has 0 aromatic heterocycles. The van der Waals surface area contributed by atoms with Crippen LogP contribution in [0.25, 0.3) is 0 Å². The van der Waals surface area contributed by atoms with E-state index < -0.39 is 17.6 Å². The first kappa shape index (κ1) is 12.8. The topological polar surface area (TPSA) is 0 Å². The van der Waals surface area contributed by atoms with Crippen molar-refractivity contribution in [2.75, 3.05) is 5.75 Å². The average molecular weight is 303 g/mol. The van der Waals surface area contributed by atoms with E-state index in [1.165, 1.54) is 0 Å². The highest BCUT2D eigenvalue weighted by Crippen LogP contribution is 2.37. The van der Waals surface area contributed by atoms with Crippen LogP contribution in [0.2, 0.25) is 0 Å². The van der Waals surface area contributed by atoms with Gasteiger partial charge in [-0.25, -0.2) is 4.39 Å². The molecule has 0 saturated carbocycles. The van der Waals surface area contributed by atoms with E-state index in [4.69, 9.17) is 0 Å². The minimum atomic E-state index is -4.52. The van der Waals surface area contributed by atoms with Crippen LogP contribution in [0.4, 0.5) is 17.6 Å². The van der Waals surface area contributed by atoms with Crippen molar-refractivity contribution in [2.24, 2.45) is 0 Å². The third-order valence-electron chi connectivity index (χ3n) is 1.61. The van der Waals surface area contributed by atoms with Gasteiger partial charge >= 0.3 is 6.18 Å². The van der Waals surface area contributed by atoms with Gasteiger partial charge in [-0.1, -0.05) is 6.92 Å². The molecule has 0 aliphatic heterocycles. The highest BCUT2D eigenvalue weighted by atomic mass is 79.9. The summed E-state index contributed by atoms with van der Waals surface area (Å²) in [7, 11) is 0. The van der Waals surface area contributed by atoms with Crippen LogP contribution < -0.4 is 0 Å². The van der Waals surface area contributed by atoms with Crippen LogP contribution in [0.1, 0.15) is 12.5 Å². The van der Waals surface area contributed by atoms with Crippen molar-refractivity contribution in [3.63, 3.8) is 0 Å². The smallest absolute Gasteiger partial charge is 0.206 e. The Morgan fingerprint density at radius 3 is 2.33 bits per heavy atom. The fraction of sp³-hybridized carbons (Fsp3) is 0.333. The molecule has 0 radical (unpaired) electrons. The normalized spacial score (nSPS) is 11.9. The Kier molecular flexibility index (Phi) is 4.06. The van der Waals surface area contributed by atoms with Gasteiger partial charge in [-0.05, 0) is 33.8 Å². The van der Waals surface area contributed by atoms with Gasteiger partial charge in [0.1, 0.15) is 5.82 Å². The van der Waals surface area contributed by atoms with Gasteiger partial charge in [0.15, 0.2) is 0 Å². The lowest BCUT2D eigenvalue weighted by Crippen LogP contribution is -2.06. The predicted molar refractivity (Wildman–Crippen MR) is 55.5 cm³/mol. The summed E-state index contributed by atoms with van der Waals surface area (Å²) in [5.74, 6) is -0.246. The highest BCUT2D eigenvalue weighted by Gasteiger charge is 2.32. The van der Waals surface area contributed by atoms with Gasteiger partial charge in [0.25, 0.3) is 0 Å². The van der Waals surface area contributed by atoms with E-state index in [2.05, 4.69) is 15.9 Å². The molecule has 1 aromatic carbocycles. The van der Waals surface area contributed by atoms with Crippen LogP contribution in [0.3, 0.4) is 0 Å². The third-order valence-corrected chi connectivity index (χ3v) is 3.49. The summed E-state index contributed by atoms with van der Waals surface area (Å²) in [6, 6.07) is 1.41.